The average Bonchev–Trinajstić information content (AvgIpc) is 2.50. The molecule has 0 unspecified atom stereocenters. The molecule has 3 rings (SSSR count). The summed E-state index contributed by atoms with van der Waals surface area (Å²) in [6, 6.07) is 8.75. The van der Waals surface area contributed by atoms with E-state index in [1.807, 2.05) is 12.1 Å². The number of nitrogens with one attached hydrogen (secondary N) is 1. The first-order valence-corrected chi connectivity index (χ1v) is 7.28. The Morgan fingerprint density at radius 2 is 2.09 bits per heavy atom. The molecule has 5 nitrogen and oxygen atoms in total. The molecule has 0 bridgehead atoms. The van der Waals surface area contributed by atoms with Crippen molar-refractivity contribution in [1.82, 2.24) is 20.2 Å². The van der Waals surface area contributed by atoms with E-state index in [1.165, 1.54) is 5.56 Å². The summed E-state index contributed by atoms with van der Waals surface area (Å²) in [5.41, 5.74) is 1.30. The molecule has 1 fully saturated rings. The Bertz CT molecular complexity index is 564. The number of rotatable bonds is 4. The maximum atomic E-state index is 5.64. The van der Waals surface area contributed by atoms with Gasteiger partial charge < -0.3 is 10.1 Å². The lowest BCUT2D eigenvalue weighted by atomic mass is 10.1. The molecule has 118 valence electrons. The van der Waals surface area contributed by atoms with Crippen LogP contribution in [0.3, 0.4) is 0 Å². The smallest absolute Gasteiger partial charge is 0.237 e. The molecular formula is C16H21ClN4O. The average molecular weight is 321 g/mol. The highest BCUT2D eigenvalue weighted by molar-refractivity contribution is 5.85. The van der Waals surface area contributed by atoms with E-state index in [0.29, 0.717) is 11.9 Å². The minimum absolute atomic E-state index is 0. The van der Waals surface area contributed by atoms with Crippen molar-refractivity contribution in [2.45, 2.75) is 19.5 Å². The maximum Gasteiger partial charge on any atom is 0.237 e. The van der Waals surface area contributed by atoms with Crippen LogP contribution in [0.15, 0.2) is 42.9 Å². The molecule has 1 aromatic heterocycles. The Kier molecular flexibility index (Phi) is 6.12. The van der Waals surface area contributed by atoms with Gasteiger partial charge in [-0.2, -0.15) is 0 Å². The molecule has 1 aliphatic rings. The zero-order chi connectivity index (χ0) is 14.5. The van der Waals surface area contributed by atoms with Gasteiger partial charge >= 0.3 is 0 Å². The second-order valence-electron chi connectivity index (χ2n) is 5.38. The molecule has 2 heterocycles. The molecule has 0 aliphatic carbocycles. The molecule has 22 heavy (non-hydrogen) atoms. The van der Waals surface area contributed by atoms with Crippen LogP contribution >= 0.6 is 12.4 Å². The number of halogens is 1. The van der Waals surface area contributed by atoms with E-state index >= 15 is 0 Å². The number of benzene rings is 1. The summed E-state index contributed by atoms with van der Waals surface area (Å²) < 4.78 is 5.64. The minimum atomic E-state index is 0. The van der Waals surface area contributed by atoms with E-state index in [4.69, 9.17) is 4.74 Å². The van der Waals surface area contributed by atoms with Crippen molar-refractivity contribution < 1.29 is 4.74 Å². The van der Waals surface area contributed by atoms with Crippen molar-refractivity contribution in [3.8, 4) is 11.6 Å². The standard InChI is InChI=1S/C16H20N4O.ClH/c1-13-11-20(9-8-18-13)12-14-2-4-15(5-3-14)21-16-10-17-6-7-19-16;/h2-7,10,13,18H,8-9,11-12H2,1H3;1H/t13-;/m0./s1. The van der Waals surface area contributed by atoms with Gasteiger partial charge in [0.25, 0.3) is 0 Å². The van der Waals surface area contributed by atoms with Gasteiger partial charge in [-0.1, -0.05) is 12.1 Å². The van der Waals surface area contributed by atoms with Crippen molar-refractivity contribution in [2.24, 2.45) is 0 Å². The van der Waals surface area contributed by atoms with Crippen LogP contribution in [0.2, 0.25) is 0 Å². The zero-order valence-electron chi connectivity index (χ0n) is 12.6. The van der Waals surface area contributed by atoms with Crippen LogP contribution in [-0.2, 0) is 6.54 Å². The second-order valence-corrected chi connectivity index (χ2v) is 5.38. The molecule has 6 heteroatoms. The van der Waals surface area contributed by atoms with Gasteiger partial charge in [-0.3, -0.25) is 9.88 Å². The van der Waals surface area contributed by atoms with Gasteiger partial charge in [0.1, 0.15) is 5.75 Å². The van der Waals surface area contributed by atoms with E-state index in [-0.39, 0.29) is 12.4 Å². The lowest BCUT2D eigenvalue weighted by Crippen LogP contribution is -2.48. The van der Waals surface area contributed by atoms with Crippen molar-refractivity contribution in [1.29, 1.82) is 0 Å². The highest BCUT2D eigenvalue weighted by Gasteiger charge is 2.15. The van der Waals surface area contributed by atoms with Crippen LogP contribution in [0.1, 0.15) is 12.5 Å². The first-order chi connectivity index (χ1) is 10.3. The van der Waals surface area contributed by atoms with Crippen LogP contribution in [0.5, 0.6) is 11.6 Å². The molecule has 1 N–H and O–H groups in total. The van der Waals surface area contributed by atoms with E-state index in [0.717, 1.165) is 31.9 Å². The molecule has 0 radical (unpaired) electrons. The van der Waals surface area contributed by atoms with Gasteiger partial charge in [-0.15, -0.1) is 12.4 Å². The fourth-order valence-electron chi connectivity index (χ4n) is 2.54. The van der Waals surface area contributed by atoms with Crippen LogP contribution in [0.25, 0.3) is 0 Å². The Balaban J connectivity index is 0.00000176. The first kappa shape index (κ1) is 16.7. The molecular weight excluding hydrogens is 300 g/mol. The number of aromatic nitrogens is 2. The first-order valence-electron chi connectivity index (χ1n) is 7.28. The van der Waals surface area contributed by atoms with Crippen LogP contribution in [0, 0.1) is 0 Å². The third-order valence-corrected chi connectivity index (χ3v) is 3.54. The van der Waals surface area contributed by atoms with Gasteiger partial charge in [0, 0.05) is 44.6 Å². The topological polar surface area (TPSA) is 50.3 Å². The fraction of sp³-hybridized carbons (Fsp3) is 0.375. The van der Waals surface area contributed by atoms with Crippen molar-refractivity contribution in [3.05, 3.63) is 48.4 Å². The normalized spacial score (nSPS) is 18.5. The van der Waals surface area contributed by atoms with Gasteiger partial charge in [0.2, 0.25) is 5.88 Å². The summed E-state index contributed by atoms with van der Waals surface area (Å²) in [6.45, 7) is 6.47. The number of nitrogens with zero attached hydrogens (tertiary/aromatic N) is 3. The van der Waals surface area contributed by atoms with Crippen molar-refractivity contribution in [2.75, 3.05) is 19.6 Å². The summed E-state index contributed by atoms with van der Waals surface area (Å²) >= 11 is 0. The lowest BCUT2D eigenvalue weighted by molar-refractivity contribution is 0.199. The number of ether oxygens (including phenoxy) is 1. The van der Waals surface area contributed by atoms with E-state index < -0.39 is 0 Å². The molecule has 0 amide bonds. The Morgan fingerprint density at radius 3 is 2.77 bits per heavy atom. The van der Waals surface area contributed by atoms with Gasteiger partial charge in [-0.05, 0) is 24.6 Å². The molecule has 1 atom stereocenters. The van der Waals surface area contributed by atoms with Crippen LogP contribution < -0.4 is 10.1 Å². The molecule has 1 aliphatic heterocycles. The summed E-state index contributed by atoms with van der Waals surface area (Å²) in [7, 11) is 0. The molecule has 2 aromatic rings. The van der Waals surface area contributed by atoms with Crippen LogP contribution in [-0.4, -0.2) is 40.5 Å². The van der Waals surface area contributed by atoms with Gasteiger partial charge in [-0.25, -0.2) is 4.98 Å². The summed E-state index contributed by atoms with van der Waals surface area (Å²) in [4.78, 5) is 10.6. The van der Waals surface area contributed by atoms with Gasteiger partial charge in [0.05, 0.1) is 6.20 Å². The molecule has 0 spiro atoms. The largest absolute Gasteiger partial charge is 0.438 e. The second kappa shape index (κ2) is 8.08. The quantitative estimate of drug-likeness (QED) is 0.938. The highest BCUT2D eigenvalue weighted by atomic mass is 35.5. The van der Waals surface area contributed by atoms with Crippen molar-refractivity contribution >= 4 is 12.4 Å². The number of hydrogen-bond donors (Lipinski definition) is 1. The number of hydrogen-bond acceptors (Lipinski definition) is 5. The Labute approximate surface area is 137 Å². The number of piperazine rings is 1. The Hall–Kier alpha value is -1.69. The summed E-state index contributed by atoms with van der Waals surface area (Å²) in [6.07, 6.45) is 4.86. The third kappa shape index (κ3) is 4.66. The van der Waals surface area contributed by atoms with Crippen LogP contribution in [0.4, 0.5) is 0 Å². The summed E-state index contributed by atoms with van der Waals surface area (Å²) in [5, 5.41) is 3.46. The fourth-order valence-corrected chi connectivity index (χ4v) is 2.54. The van der Waals surface area contributed by atoms with E-state index in [2.05, 4.69) is 39.2 Å². The van der Waals surface area contributed by atoms with Crippen molar-refractivity contribution in [3.63, 3.8) is 0 Å². The van der Waals surface area contributed by atoms with E-state index in [9.17, 15) is 0 Å². The Morgan fingerprint density at radius 1 is 1.27 bits per heavy atom. The molecule has 1 saturated heterocycles. The SMILES string of the molecule is C[C@H]1CN(Cc2ccc(Oc3cnccn3)cc2)CCN1.Cl. The lowest BCUT2D eigenvalue weighted by Gasteiger charge is -2.31. The maximum absolute atomic E-state index is 5.64. The molecule has 1 aromatic carbocycles. The predicted molar refractivity (Wildman–Crippen MR) is 88.5 cm³/mol. The van der Waals surface area contributed by atoms with E-state index in [1.54, 1.807) is 18.6 Å². The summed E-state index contributed by atoms with van der Waals surface area (Å²) in [5.74, 6) is 1.30. The minimum Gasteiger partial charge on any atom is -0.438 e. The van der Waals surface area contributed by atoms with Gasteiger partial charge in [0.15, 0.2) is 0 Å². The molecule has 0 saturated carbocycles. The predicted octanol–water partition coefficient (Wildman–Crippen LogP) is 2.48. The third-order valence-electron chi connectivity index (χ3n) is 3.54. The highest BCUT2D eigenvalue weighted by Crippen LogP contribution is 2.19. The zero-order valence-corrected chi connectivity index (χ0v) is 13.4. The monoisotopic (exact) mass is 320 g/mol.